The molecule has 1 aliphatic heterocycles. The maximum atomic E-state index is 10.6. The first-order chi connectivity index (χ1) is 13.7. The number of morpholine rings is 1. The van der Waals surface area contributed by atoms with E-state index in [0.717, 1.165) is 59.5 Å². The Labute approximate surface area is 172 Å². The quantitative estimate of drug-likeness (QED) is 0.604. The number of ether oxygens (including phenoxy) is 2. The number of nitrogens with zero attached hydrogens (tertiary/aromatic N) is 3. The van der Waals surface area contributed by atoms with Crippen LogP contribution in [-0.2, 0) is 11.3 Å². The second kappa shape index (κ2) is 9.05. The molecular formula is C21H24BrN3O3. The van der Waals surface area contributed by atoms with Gasteiger partial charge in [-0.3, -0.25) is 9.58 Å². The first kappa shape index (κ1) is 19.4. The third kappa shape index (κ3) is 4.72. The van der Waals surface area contributed by atoms with Crippen LogP contribution in [0.2, 0.25) is 0 Å². The number of benzene rings is 2. The summed E-state index contributed by atoms with van der Waals surface area (Å²) in [5.41, 5.74) is 1.75. The minimum Gasteiger partial charge on any atom is -0.492 e. The zero-order valence-corrected chi connectivity index (χ0v) is 17.2. The Morgan fingerprint density at radius 1 is 1.14 bits per heavy atom. The molecule has 2 aromatic carbocycles. The molecule has 2 heterocycles. The van der Waals surface area contributed by atoms with E-state index in [4.69, 9.17) is 9.47 Å². The Bertz CT molecular complexity index is 907. The molecule has 148 valence electrons. The van der Waals surface area contributed by atoms with E-state index in [0.29, 0.717) is 13.2 Å². The molecule has 1 saturated heterocycles. The van der Waals surface area contributed by atoms with Crippen molar-refractivity contribution < 1.29 is 14.6 Å². The summed E-state index contributed by atoms with van der Waals surface area (Å²) in [4.78, 5) is 2.34. The molecule has 0 saturated carbocycles. The number of aliphatic hydroxyl groups is 1. The Balaban J connectivity index is 1.31. The lowest BCUT2D eigenvalue weighted by Crippen LogP contribution is -2.38. The maximum Gasteiger partial charge on any atom is 0.119 e. The van der Waals surface area contributed by atoms with Gasteiger partial charge < -0.3 is 14.6 Å². The van der Waals surface area contributed by atoms with E-state index in [2.05, 4.69) is 25.9 Å². The molecule has 4 rings (SSSR count). The van der Waals surface area contributed by atoms with Crippen molar-refractivity contribution in [1.82, 2.24) is 14.7 Å². The van der Waals surface area contributed by atoms with Crippen molar-refractivity contribution >= 4 is 26.8 Å². The number of hydrogen-bond donors (Lipinski definition) is 1. The minimum atomic E-state index is -0.629. The predicted molar refractivity (Wildman–Crippen MR) is 112 cm³/mol. The molecule has 1 N–H and O–H groups in total. The van der Waals surface area contributed by atoms with Crippen LogP contribution in [0.3, 0.4) is 0 Å². The van der Waals surface area contributed by atoms with Crippen molar-refractivity contribution in [3.63, 3.8) is 0 Å². The molecule has 1 aliphatic rings. The van der Waals surface area contributed by atoms with Crippen LogP contribution < -0.4 is 4.74 Å². The second-order valence-corrected chi connectivity index (χ2v) is 7.77. The van der Waals surface area contributed by atoms with Crippen molar-refractivity contribution in [3.05, 3.63) is 58.7 Å². The summed E-state index contributed by atoms with van der Waals surface area (Å²) in [5, 5.41) is 16.1. The predicted octanol–water partition coefficient (Wildman–Crippen LogP) is 3.24. The van der Waals surface area contributed by atoms with Gasteiger partial charge in [0.25, 0.3) is 0 Å². The number of aliphatic hydroxyl groups excluding tert-OH is 1. The van der Waals surface area contributed by atoms with Gasteiger partial charge in [0.15, 0.2) is 0 Å². The van der Waals surface area contributed by atoms with Crippen LogP contribution in [-0.4, -0.2) is 59.2 Å². The zero-order chi connectivity index (χ0) is 19.3. The summed E-state index contributed by atoms with van der Waals surface area (Å²) >= 11 is 3.54. The van der Waals surface area contributed by atoms with Crippen LogP contribution in [0.25, 0.3) is 10.9 Å². The van der Waals surface area contributed by atoms with Gasteiger partial charge in [-0.25, -0.2) is 0 Å². The fourth-order valence-electron chi connectivity index (χ4n) is 3.34. The van der Waals surface area contributed by atoms with E-state index < -0.39 is 6.10 Å². The van der Waals surface area contributed by atoms with E-state index in [9.17, 15) is 5.11 Å². The first-order valence-corrected chi connectivity index (χ1v) is 10.3. The van der Waals surface area contributed by atoms with Crippen LogP contribution in [0.1, 0.15) is 11.7 Å². The monoisotopic (exact) mass is 445 g/mol. The Morgan fingerprint density at radius 3 is 2.68 bits per heavy atom. The van der Waals surface area contributed by atoms with Crippen LogP contribution in [0.5, 0.6) is 5.75 Å². The van der Waals surface area contributed by atoms with E-state index in [1.807, 2.05) is 48.7 Å². The molecule has 0 aliphatic carbocycles. The van der Waals surface area contributed by atoms with Crippen LogP contribution in [0, 0.1) is 0 Å². The largest absolute Gasteiger partial charge is 0.492 e. The standard InChI is InChI=1S/C21H24BrN3O3/c22-19-2-1-3-20-18(19)14-25(23-20)15-21(26)16-4-6-17(7-5-16)28-13-10-24-8-11-27-12-9-24/h1-7,14,21,26H,8-13,15H2/t21-/m0/s1. The van der Waals surface area contributed by atoms with Gasteiger partial charge in [0, 0.05) is 35.7 Å². The van der Waals surface area contributed by atoms with E-state index in [1.54, 1.807) is 4.68 Å². The van der Waals surface area contributed by atoms with E-state index >= 15 is 0 Å². The van der Waals surface area contributed by atoms with Gasteiger partial charge in [0.1, 0.15) is 12.4 Å². The third-order valence-corrected chi connectivity index (χ3v) is 5.64. The molecule has 0 amide bonds. The van der Waals surface area contributed by atoms with Crippen LogP contribution in [0.15, 0.2) is 53.1 Å². The molecule has 0 unspecified atom stereocenters. The number of rotatable bonds is 7. The van der Waals surface area contributed by atoms with Crippen molar-refractivity contribution in [1.29, 1.82) is 0 Å². The lowest BCUT2D eigenvalue weighted by atomic mass is 10.1. The number of fused-ring (bicyclic) bond motifs is 1. The Hall–Kier alpha value is -1.93. The van der Waals surface area contributed by atoms with Crippen LogP contribution >= 0.6 is 15.9 Å². The highest BCUT2D eigenvalue weighted by Crippen LogP contribution is 2.24. The Morgan fingerprint density at radius 2 is 1.93 bits per heavy atom. The van der Waals surface area contributed by atoms with Gasteiger partial charge in [-0.1, -0.05) is 34.1 Å². The van der Waals surface area contributed by atoms with Crippen molar-refractivity contribution in [2.24, 2.45) is 0 Å². The molecule has 3 aromatic rings. The lowest BCUT2D eigenvalue weighted by Gasteiger charge is -2.26. The number of aromatic nitrogens is 2. The van der Waals surface area contributed by atoms with Gasteiger partial charge in [-0.05, 0) is 29.8 Å². The number of hydrogen-bond acceptors (Lipinski definition) is 5. The van der Waals surface area contributed by atoms with Gasteiger partial charge in [-0.15, -0.1) is 0 Å². The molecule has 0 bridgehead atoms. The molecular weight excluding hydrogens is 422 g/mol. The molecule has 7 heteroatoms. The van der Waals surface area contributed by atoms with Crippen LogP contribution in [0.4, 0.5) is 0 Å². The molecule has 1 atom stereocenters. The minimum absolute atomic E-state index is 0.401. The lowest BCUT2D eigenvalue weighted by molar-refractivity contribution is 0.0322. The van der Waals surface area contributed by atoms with Crippen molar-refractivity contribution in [2.75, 3.05) is 39.5 Å². The fourth-order valence-corrected chi connectivity index (χ4v) is 3.79. The third-order valence-electron chi connectivity index (χ3n) is 4.95. The van der Waals surface area contributed by atoms with E-state index in [1.165, 1.54) is 0 Å². The summed E-state index contributed by atoms with van der Waals surface area (Å²) in [7, 11) is 0. The smallest absolute Gasteiger partial charge is 0.119 e. The molecule has 1 fully saturated rings. The van der Waals surface area contributed by atoms with Gasteiger partial charge in [-0.2, -0.15) is 5.10 Å². The average molecular weight is 446 g/mol. The summed E-state index contributed by atoms with van der Waals surface area (Å²) in [6, 6.07) is 13.6. The van der Waals surface area contributed by atoms with Crippen molar-refractivity contribution in [3.8, 4) is 5.75 Å². The molecule has 1 aromatic heterocycles. The molecule has 6 nitrogen and oxygen atoms in total. The van der Waals surface area contributed by atoms with E-state index in [-0.39, 0.29) is 0 Å². The normalized spacial score (nSPS) is 16.4. The summed E-state index contributed by atoms with van der Waals surface area (Å²) in [6.07, 6.45) is 1.32. The molecule has 0 spiro atoms. The summed E-state index contributed by atoms with van der Waals surface area (Å²) < 4.78 is 14.0. The topological polar surface area (TPSA) is 59.8 Å². The highest BCUT2D eigenvalue weighted by molar-refractivity contribution is 9.10. The van der Waals surface area contributed by atoms with Gasteiger partial charge in [0.05, 0.1) is 31.4 Å². The highest BCUT2D eigenvalue weighted by atomic mass is 79.9. The van der Waals surface area contributed by atoms with Crippen molar-refractivity contribution in [2.45, 2.75) is 12.6 Å². The van der Waals surface area contributed by atoms with Gasteiger partial charge in [0.2, 0.25) is 0 Å². The maximum absolute atomic E-state index is 10.6. The summed E-state index contributed by atoms with van der Waals surface area (Å²) in [6.45, 7) is 5.48. The number of halogens is 1. The second-order valence-electron chi connectivity index (χ2n) is 6.91. The van der Waals surface area contributed by atoms with Gasteiger partial charge >= 0.3 is 0 Å². The fraction of sp³-hybridized carbons (Fsp3) is 0.381. The highest BCUT2D eigenvalue weighted by Gasteiger charge is 2.12. The first-order valence-electron chi connectivity index (χ1n) is 9.52. The summed E-state index contributed by atoms with van der Waals surface area (Å²) in [5.74, 6) is 0.818. The Kier molecular flexibility index (Phi) is 6.26. The molecule has 0 radical (unpaired) electrons. The molecule has 28 heavy (non-hydrogen) atoms. The zero-order valence-electron chi connectivity index (χ0n) is 15.6. The SMILES string of the molecule is O[C@@H](Cn1cc2c(Br)cccc2n1)c1ccc(OCCN2CCOCC2)cc1. The average Bonchev–Trinajstić information content (AvgIpc) is 3.13.